The normalized spacial score (nSPS) is 15.5. The summed E-state index contributed by atoms with van der Waals surface area (Å²) < 4.78 is 10.7. The lowest BCUT2D eigenvalue weighted by Crippen LogP contribution is -2.35. The summed E-state index contributed by atoms with van der Waals surface area (Å²) in [4.78, 5) is 28.5. The summed E-state index contributed by atoms with van der Waals surface area (Å²) in [6.45, 7) is 1.25. The third-order valence-electron chi connectivity index (χ3n) is 4.75. The number of nitrogens with one attached hydrogen (secondary N) is 3. The molecule has 0 radical (unpaired) electrons. The Kier molecular flexibility index (Phi) is 6.90. The number of carbonyl (C=O) groups is 2. The number of amides is 3. The first-order valence-corrected chi connectivity index (χ1v) is 11.0. The number of rotatable bonds is 8. The Morgan fingerprint density at radius 2 is 1.94 bits per heavy atom. The fourth-order valence-corrected chi connectivity index (χ4v) is 3.77. The van der Waals surface area contributed by atoms with Crippen molar-refractivity contribution in [2.75, 3.05) is 23.8 Å². The van der Waals surface area contributed by atoms with Crippen molar-refractivity contribution in [3.05, 3.63) is 47.0 Å². The van der Waals surface area contributed by atoms with E-state index in [4.69, 9.17) is 9.26 Å². The molecule has 162 valence electrons. The second kappa shape index (κ2) is 10.2. The number of benzene rings is 1. The summed E-state index contributed by atoms with van der Waals surface area (Å²) in [7, 11) is 0. The molecule has 1 aromatic carbocycles. The van der Waals surface area contributed by atoms with Gasteiger partial charge >= 0.3 is 6.03 Å². The number of hydrogen-bond acceptors (Lipinski definition) is 7. The van der Waals surface area contributed by atoms with E-state index in [1.165, 1.54) is 0 Å². The summed E-state index contributed by atoms with van der Waals surface area (Å²) in [5, 5.41) is 16.2. The Hall–Kier alpha value is -3.24. The Labute approximate surface area is 183 Å². The Balaban J connectivity index is 1.19. The smallest absolute Gasteiger partial charge is 0.319 e. The van der Waals surface area contributed by atoms with Gasteiger partial charge in [0.05, 0.1) is 6.10 Å². The molecule has 10 heteroatoms. The molecular weight excluding hydrogens is 418 g/mol. The fourth-order valence-electron chi connectivity index (χ4n) is 3.13. The molecule has 0 bridgehead atoms. The molecule has 1 aliphatic rings. The zero-order valence-electron chi connectivity index (χ0n) is 16.8. The number of aryl methyl sites for hydroxylation is 1. The van der Waals surface area contributed by atoms with Crippen molar-refractivity contribution < 1.29 is 18.8 Å². The van der Waals surface area contributed by atoms with E-state index in [0.29, 0.717) is 36.1 Å². The van der Waals surface area contributed by atoms with Crippen molar-refractivity contribution in [1.82, 2.24) is 15.5 Å². The molecule has 0 spiro atoms. The van der Waals surface area contributed by atoms with Crippen LogP contribution in [-0.4, -0.2) is 41.3 Å². The van der Waals surface area contributed by atoms with Crippen molar-refractivity contribution in [1.29, 1.82) is 0 Å². The largest absolute Gasteiger partial charge is 0.376 e. The molecule has 1 saturated heterocycles. The Morgan fingerprint density at radius 1 is 1.13 bits per heavy atom. The quantitative estimate of drug-likeness (QED) is 0.491. The van der Waals surface area contributed by atoms with Crippen LogP contribution in [-0.2, 0) is 16.0 Å². The van der Waals surface area contributed by atoms with E-state index in [1.54, 1.807) is 35.6 Å². The summed E-state index contributed by atoms with van der Waals surface area (Å²) in [5.41, 5.74) is 2.17. The van der Waals surface area contributed by atoms with Crippen LogP contribution in [0.5, 0.6) is 0 Å². The molecule has 0 saturated carbocycles. The molecule has 1 atom stereocenters. The Bertz CT molecular complexity index is 997. The van der Waals surface area contributed by atoms with Gasteiger partial charge in [-0.25, -0.2) is 4.79 Å². The molecular formula is C21H23N5O4S. The lowest BCUT2D eigenvalue weighted by molar-refractivity contribution is -0.116. The van der Waals surface area contributed by atoms with E-state index < -0.39 is 0 Å². The van der Waals surface area contributed by atoms with E-state index in [-0.39, 0.29) is 24.5 Å². The van der Waals surface area contributed by atoms with Gasteiger partial charge in [0.1, 0.15) is 0 Å². The first-order valence-electron chi connectivity index (χ1n) is 10.1. The molecule has 4 rings (SSSR count). The number of ether oxygens (including phenoxy) is 1. The van der Waals surface area contributed by atoms with Gasteiger partial charge in [-0.05, 0) is 48.6 Å². The first-order chi connectivity index (χ1) is 15.2. The van der Waals surface area contributed by atoms with Gasteiger partial charge in [0.2, 0.25) is 17.6 Å². The summed E-state index contributed by atoms with van der Waals surface area (Å²) in [6, 6.07) is 8.55. The number of aromatic nitrogens is 2. The van der Waals surface area contributed by atoms with Gasteiger partial charge in [-0.1, -0.05) is 5.16 Å². The second-order valence-corrected chi connectivity index (χ2v) is 7.90. The van der Waals surface area contributed by atoms with Crippen LogP contribution in [0.1, 0.15) is 25.2 Å². The van der Waals surface area contributed by atoms with E-state index >= 15 is 0 Å². The number of nitrogens with zero attached hydrogens (tertiary/aromatic N) is 2. The maximum absolute atomic E-state index is 12.2. The minimum absolute atomic E-state index is 0.0951. The van der Waals surface area contributed by atoms with Gasteiger partial charge < -0.3 is 25.2 Å². The van der Waals surface area contributed by atoms with Crippen molar-refractivity contribution in [3.63, 3.8) is 0 Å². The summed E-state index contributed by atoms with van der Waals surface area (Å²) >= 11 is 1.56. The zero-order valence-corrected chi connectivity index (χ0v) is 17.6. The van der Waals surface area contributed by atoms with E-state index in [1.807, 2.05) is 16.8 Å². The van der Waals surface area contributed by atoms with Crippen LogP contribution >= 0.6 is 11.3 Å². The highest BCUT2D eigenvalue weighted by Gasteiger charge is 2.16. The van der Waals surface area contributed by atoms with Gasteiger partial charge in [-0.15, -0.1) is 0 Å². The molecule has 0 aliphatic carbocycles. The van der Waals surface area contributed by atoms with E-state index in [2.05, 4.69) is 26.1 Å². The number of urea groups is 1. The standard InChI is InChI=1S/C21H23N5O4S/c27-18(7-8-19-25-20(26-30-19)14-9-11-31-13-14)23-15-3-5-16(6-4-15)24-21(28)22-12-17-2-1-10-29-17/h3-6,9,11,13,17H,1-2,7-8,10,12H2,(H,23,27)(H2,22,24,28)/t17-/m1/s1. The highest BCUT2D eigenvalue weighted by Crippen LogP contribution is 2.19. The monoisotopic (exact) mass is 441 g/mol. The average molecular weight is 442 g/mol. The topological polar surface area (TPSA) is 118 Å². The van der Waals surface area contributed by atoms with Crippen molar-refractivity contribution in [2.24, 2.45) is 0 Å². The predicted octanol–water partition coefficient (Wildman–Crippen LogP) is 3.67. The van der Waals surface area contributed by atoms with Gasteiger partial charge in [-0.3, -0.25) is 4.79 Å². The van der Waals surface area contributed by atoms with E-state index in [9.17, 15) is 9.59 Å². The zero-order chi connectivity index (χ0) is 21.5. The minimum atomic E-state index is -0.284. The predicted molar refractivity (Wildman–Crippen MR) is 117 cm³/mol. The Morgan fingerprint density at radius 3 is 2.65 bits per heavy atom. The molecule has 3 N–H and O–H groups in total. The van der Waals surface area contributed by atoms with Crippen molar-refractivity contribution in [2.45, 2.75) is 31.8 Å². The lowest BCUT2D eigenvalue weighted by atomic mass is 10.2. The molecule has 3 aromatic rings. The fraction of sp³-hybridized carbons (Fsp3) is 0.333. The maximum atomic E-state index is 12.2. The molecule has 1 aliphatic heterocycles. The first kappa shape index (κ1) is 21.0. The molecule has 3 amide bonds. The highest BCUT2D eigenvalue weighted by molar-refractivity contribution is 7.08. The molecule has 3 heterocycles. The lowest BCUT2D eigenvalue weighted by Gasteiger charge is -2.12. The average Bonchev–Trinajstić information content (AvgIpc) is 3.55. The van der Waals surface area contributed by atoms with Gasteiger partial charge in [-0.2, -0.15) is 16.3 Å². The van der Waals surface area contributed by atoms with Gasteiger partial charge in [0.15, 0.2) is 0 Å². The highest BCUT2D eigenvalue weighted by atomic mass is 32.1. The molecule has 2 aromatic heterocycles. The van der Waals surface area contributed by atoms with Gasteiger partial charge in [0, 0.05) is 48.3 Å². The number of anilines is 2. The third-order valence-corrected chi connectivity index (χ3v) is 5.44. The number of carbonyl (C=O) groups excluding carboxylic acids is 2. The second-order valence-electron chi connectivity index (χ2n) is 7.12. The third kappa shape index (κ3) is 6.12. The number of hydrogen-bond donors (Lipinski definition) is 3. The van der Waals surface area contributed by atoms with Crippen LogP contribution < -0.4 is 16.0 Å². The van der Waals surface area contributed by atoms with Crippen LogP contribution in [0.4, 0.5) is 16.2 Å². The molecule has 0 unspecified atom stereocenters. The summed E-state index contributed by atoms with van der Waals surface area (Å²) in [5.74, 6) is 0.787. The van der Waals surface area contributed by atoms with Crippen LogP contribution in [0.2, 0.25) is 0 Å². The van der Waals surface area contributed by atoms with Crippen LogP contribution in [0.15, 0.2) is 45.6 Å². The van der Waals surface area contributed by atoms with Crippen LogP contribution in [0.25, 0.3) is 11.4 Å². The van der Waals surface area contributed by atoms with Crippen molar-refractivity contribution >= 4 is 34.6 Å². The van der Waals surface area contributed by atoms with E-state index in [0.717, 1.165) is 25.0 Å². The number of thiophene rings is 1. The van der Waals surface area contributed by atoms with Crippen LogP contribution in [0, 0.1) is 0 Å². The summed E-state index contributed by atoms with van der Waals surface area (Å²) in [6.07, 6.45) is 2.67. The van der Waals surface area contributed by atoms with Gasteiger partial charge in [0.25, 0.3) is 0 Å². The minimum Gasteiger partial charge on any atom is -0.376 e. The molecule has 1 fully saturated rings. The van der Waals surface area contributed by atoms with Crippen molar-refractivity contribution in [3.8, 4) is 11.4 Å². The SMILES string of the molecule is O=C(CCc1nc(-c2ccsc2)no1)Nc1ccc(NC(=O)NC[C@H]2CCCO2)cc1. The maximum Gasteiger partial charge on any atom is 0.319 e. The molecule has 9 nitrogen and oxygen atoms in total. The molecule has 31 heavy (non-hydrogen) atoms. The van der Waals surface area contributed by atoms with Crippen LogP contribution in [0.3, 0.4) is 0 Å².